The lowest BCUT2D eigenvalue weighted by molar-refractivity contribution is 0.0822. The maximum atomic E-state index is 11.7. The van der Waals surface area contributed by atoms with Crippen molar-refractivity contribution in [1.82, 2.24) is 14.8 Å². The fraction of sp³-hybridized carbons (Fsp3) is 0.444. The van der Waals surface area contributed by atoms with Gasteiger partial charge in [-0.15, -0.1) is 5.10 Å². The van der Waals surface area contributed by atoms with Gasteiger partial charge in [0.2, 0.25) is 0 Å². The number of rotatable bonds is 1. The number of carbonyl (C=O) groups is 1. The molecule has 0 bridgehead atoms. The van der Waals surface area contributed by atoms with Crippen molar-refractivity contribution in [2.75, 3.05) is 13.1 Å². The van der Waals surface area contributed by atoms with E-state index in [9.17, 15) is 4.79 Å². The van der Waals surface area contributed by atoms with Gasteiger partial charge < -0.3 is 4.90 Å². The Bertz CT molecular complexity index is 488. The van der Waals surface area contributed by atoms with Gasteiger partial charge in [0, 0.05) is 13.1 Å². The molecule has 1 amide bonds. The molecular weight excluding hydrogens is 356 g/mol. The number of carbonyl (C=O) groups excluding carboxylic acids is 1. The largest absolute Gasteiger partial charge is 0.435 e. The predicted octanol–water partition coefficient (Wildman–Crippen LogP) is 1.92. The van der Waals surface area contributed by atoms with Gasteiger partial charge in [0.1, 0.15) is 11.6 Å². The van der Waals surface area contributed by atoms with Gasteiger partial charge in [-0.1, -0.05) is 4.85 Å². The summed E-state index contributed by atoms with van der Waals surface area (Å²) < 4.78 is 0.653. The molecule has 0 radical (unpaired) electrons. The highest BCUT2D eigenvalue weighted by atomic mass is 79.9. The summed E-state index contributed by atoms with van der Waals surface area (Å²) in [4.78, 5) is 19.4. The van der Waals surface area contributed by atoms with E-state index in [1.54, 1.807) is 4.90 Å². The Labute approximate surface area is 114 Å². The summed E-state index contributed by atoms with van der Waals surface area (Å²) >= 11 is 6.26. The third kappa shape index (κ3) is 2.45. The molecule has 90 valence electrons. The van der Waals surface area contributed by atoms with Gasteiger partial charge in [-0.2, -0.15) is 5.26 Å². The van der Waals surface area contributed by atoms with Crippen molar-refractivity contribution in [3.8, 4) is 6.07 Å². The first kappa shape index (κ1) is 12.4. The van der Waals surface area contributed by atoms with Crippen molar-refractivity contribution in [3.05, 3.63) is 14.8 Å². The molecule has 0 aliphatic carbocycles. The van der Waals surface area contributed by atoms with E-state index in [2.05, 4.69) is 37.0 Å². The average Bonchev–Trinajstić information content (AvgIpc) is 2.89. The van der Waals surface area contributed by atoms with E-state index in [0.29, 0.717) is 27.9 Å². The molecule has 0 spiro atoms. The molecule has 6 nitrogen and oxygen atoms in total. The molecule has 1 aliphatic rings. The molecule has 2 rings (SSSR count). The molecule has 0 saturated carbocycles. The normalized spacial score (nSPS) is 14.8. The van der Waals surface area contributed by atoms with Crippen molar-refractivity contribution in [2.45, 2.75) is 12.8 Å². The Hall–Kier alpha value is -1.07. The molecular formula is C9H8Br2N4O2. The van der Waals surface area contributed by atoms with Gasteiger partial charge in [-0.3, -0.25) is 4.84 Å². The average molecular weight is 364 g/mol. The summed E-state index contributed by atoms with van der Waals surface area (Å²) in [5.74, 6) is 0. The summed E-state index contributed by atoms with van der Waals surface area (Å²) in [6, 6.07) is 1.94. The van der Waals surface area contributed by atoms with Crippen molar-refractivity contribution >= 4 is 38.0 Å². The molecule has 1 aromatic rings. The van der Waals surface area contributed by atoms with Crippen LogP contribution in [0.4, 0.5) is 4.79 Å². The summed E-state index contributed by atoms with van der Waals surface area (Å²) in [6.45, 7) is 1.40. The summed E-state index contributed by atoms with van der Waals surface area (Å²) in [7, 11) is 0. The minimum Gasteiger partial charge on any atom is -0.306 e. The topological polar surface area (TPSA) is 71.1 Å². The Morgan fingerprint density at radius 1 is 1.41 bits per heavy atom. The van der Waals surface area contributed by atoms with Crippen LogP contribution < -0.4 is 4.84 Å². The van der Waals surface area contributed by atoms with Gasteiger partial charge in [0.15, 0.2) is 9.21 Å². The number of halogens is 2. The number of aromatic nitrogens is 2. The first-order valence-electron chi connectivity index (χ1n) is 4.95. The molecule has 17 heavy (non-hydrogen) atoms. The second-order valence-electron chi connectivity index (χ2n) is 3.49. The zero-order valence-corrected chi connectivity index (χ0v) is 11.9. The number of nitrogens with zero attached hydrogens (tertiary/aromatic N) is 4. The SMILES string of the molecule is N#Cc1c(Br)nn(OC(=O)N2CCCC2)c1Br. The summed E-state index contributed by atoms with van der Waals surface area (Å²) in [5, 5.41) is 12.7. The molecule has 2 heterocycles. The van der Waals surface area contributed by atoms with Crippen LogP contribution in [0.1, 0.15) is 18.4 Å². The highest BCUT2D eigenvalue weighted by Gasteiger charge is 2.23. The molecule has 0 unspecified atom stereocenters. The lowest BCUT2D eigenvalue weighted by Crippen LogP contribution is -2.35. The molecule has 1 aliphatic heterocycles. The van der Waals surface area contributed by atoms with Gasteiger partial charge >= 0.3 is 6.09 Å². The van der Waals surface area contributed by atoms with E-state index in [-0.39, 0.29) is 0 Å². The lowest BCUT2D eigenvalue weighted by Gasteiger charge is -2.13. The van der Waals surface area contributed by atoms with E-state index in [1.807, 2.05) is 6.07 Å². The summed E-state index contributed by atoms with van der Waals surface area (Å²) in [6.07, 6.45) is 1.52. The van der Waals surface area contributed by atoms with Gasteiger partial charge in [-0.05, 0) is 44.7 Å². The van der Waals surface area contributed by atoms with Gasteiger partial charge in [-0.25, -0.2) is 4.79 Å². The number of amides is 1. The highest BCUT2D eigenvalue weighted by molar-refractivity contribution is 9.11. The van der Waals surface area contributed by atoms with Crippen LogP contribution in [-0.4, -0.2) is 34.0 Å². The van der Waals surface area contributed by atoms with Crippen LogP contribution >= 0.6 is 31.9 Å². The Kier molecular flexibility index (Phi) is 3.69. The standard InChI is InChI=1S/C9H8Br2N4O2/c10-7-6(5-12)8(11)15(13-7)17-9(16)14-3-1-2-4-14/h1-4H2. The van der Waals surface area contributed by atoms with Gasteiger partial charge in [0.25, 0.3) is 0 Å². The van der Waals surface area contributed by atoms with Crippen LogP contribution in [0.15, 0.2) is 9.21 Å². The zero-order chi connectivity index (χ0) is 12.4. The smallest absolute Gasteiger partial charge is 0.306 e. The monoisotopic (exact) mass is 362 g/mol. The second-order valence-corrected chi connectivity index (χ2v) is 4.99. The maximum Gasteiger partial charge on any atom is 0.435 e. The van der Waals surface area contributed by atoms with E-state index in [4.69, 9.17) is 10.1 Å². The Morgan fingerprint density at radius 2 is 2.06 bits per heavy atom. The quantitative estimate of drug-likeness (QED) is 0.764. The molecule has 0 N–H and O–H groups in total. The van der Waals surface area contributed by atoms with E-state index in [0.717, 1.165) is 17.7 Å². The number of likely N-dealkylation sites (tertiary alicyclic amines) is 1. The second kappa shape index (κ2) is 5.06. The number of hydrogen-bond acceptors (Lipinski definition) is 4. The first-order valence-corrected chi connectivity index (χ1v) is 6.53. The van der Waals surface area contributed by atoms with Crippen molar-refractivity contribution < 1.29 is 9.63 Å². The molecule has 8 heteroatoms. The third-order valence-corrected chi connectivity index (χ3v) is 3.65. The van der Waals surface area contributed by atoms with E-state index >= 15 is 0 Å². The number of hydrogen-bond donors (Lipinski definition) is 0. The Balaban J connectivity index is 2.14. The van der Waals surface area contributed by atoms with Gasteiger partial charge in [0.05, 0.1) is 0 Å². The molecule has 1 fully saturated rings. The zero-order valence-electron chi connectivity index (χ0n) is 8.69. The predicted molar refractivity (Wildman–Crippen MR) is 65.1 cm³/mol. The third-order valence-electron chi connectivity index (χ3n) is 2.40. The van der Waals surface area contributed by atoms with E-state index in [1.165, 1.54) is 0 Å². The first-order chi connectivity index (χ1) is 8.13. The lowest BCUT2D eigenvalue weighted by atomic mass is 10.4. The fourth-order valence-electron chi connectivity index (χ4n) is 1.54. The van der Waals surface area contributed by atoms with Crippen LogP contribution in [0.25, 0.3) is 0 Å². The van der Waals surface area contributed by atoms with Crippen LogP contribution in [-0.2, 0) is 0 Å². The molecule has 1 aromatic heterocycles. The maximum absolute atomic E-state index is 11.7. The van der Waals surface area contributed by atoms with Crippen molar-refractivity contribution in [2.24, 2.45) is 0 Å². The van der Waals surface area contributed by atoms with Crippen LogP contribution in [0.5, 0.6) is 0 Å². The molecule has 0 aromatic carbocycles. The minimum absolute atomic E-state index is 0.291. The Morgan fingerprint density at radius 3 is 2.59 bits per heavy atom. The minimum atomic E-state index is -0.456. The number of nitriles is 1. The van der Waals surface area contributed by atoms with Crippen LogP contribution in [0, 0.1) is 11.3 Å². The van der Waals surface area contributed by atoms with E-state index < -0.39 is 6.09 Å². The molecule has 0 atom stereocenters. The van der Waals surface area contributed by atoms with Crippen LogP contribution in [0.3, 0.4) is 0 Å². The fourth-order valence-corrected chi connectivity index (χ4v) is 2.65. The van der Waals surface area contributed by atoms with Crippen molar-refractivity contribution in [1.29, 1.82) is 5.26 Å². The van der Waals surface area contributed by atoms with Crippen LogP contribution in [0.2, 0.25) is 0 Å². The summed E-state index contributed by atoms with van der Waals surface area (Å²) in [5.41, 5.74) is 0.291. The molecule has 1 saturated heterocycles. The van der Waals surface area contributed by atoms with Crippen molar-refractivity contribution in [3.63, 3.8) is 0 Å². The highest BCUT2D eigenvalue weighted by Crippen LogP contribution is 2.23.